The summed E-state index contributed by atoms with van der Waals surface area (Å²) in [4.78, 5) is 10.1. The minimum atomic E-state index is -0.551. The molecule has 0 radical (unpaired) electrons. The average Bonchev–Trinajstić information content (AvgIpc) is 2.71. The van der Waals surface area contributed by atoms with Gasteiger partial charge in [0.2, 0.25) is 0 Å². The molecular weight excluding hydrogens is 323 g/mol. The molecule has 6 nitrogen and oxygen atoms in total. The van der Waals surface area contributed by atoms with Crippen LogP contribution in [0.4, 0.5) is 11.5 Å². The fraction of sp³-hybridized carbons (Fsp3) is 0.100. The highest BCUT2D eigenvalue weighted by atomic mass is 79.9. The number of hydrogen-bond donors (Lipinski definition) is 1. The maximum Gasteiger partial charge on any atom is 0.391 e. The molecule has 0 spiro atoms. The number of anilines is 1. The average molecular weight is 332 g/mol. The predicted octanol–water partition coefficient (Wildman–Crippen LogP) is 3.24. The Morgan fingerprint density at radius 1 is 1.50 bits per heavy atom. The van der Waals surface area contributed by atoms with Crippen LogP contribution in [-0.2, 0) is 0 Å². The van der Waals surface area contributed by atoms with Gasteiger partial charge in [-0.05, 0) is 39.1 Å². The Hall–Kier alpha value is -1.60. The number of nitrogens with one attached hydrogen (secondary N) is 1. The minimum absolute atomic E-state index is 0.232. The maximum atomic E-state index is 10.7. The zero-order valence-corrected chi connectivity index (χ0v) is 11.6. The number of rotatable bonds is 3. The first-order valence-corrected chi connectivity index (χ1v) is 6.07. The third-order valence-corrected chi connectivity index (χ3v) is 3.10. The molecule has 1 aromatic carbocycles. The van der Waals surface area contributed by atoms with Crippen molar-refractivity contribution in [3.63, 3.8) is 0 Å². The summed E-state index contributed by atoms with van der Waals surface area (Å²) in [6, 6.07) is 6.51. The topological polar surface area (TPSA) is 73.0 Å². The molecule has 94 valence electrons. The molecule has 0 fully saturated rings. The van der Waals surface area contributed by atoms with E-state index in [4.69, 9.17) is 11.6 Å². The van der Waals surface area contributed by atoms with Crippen molar-refractivity contribution in [3.05, 3.63) is 44.0 Å². The van der Waals surface area contributed by atoms with E-state index in [-0.39, 0.29) is 5.82 Å². The van der Waals surface area contributed by atoms with Gasteiger partial charge in [0.15, 0.2) is 0 Å². The van der Waals surface area contributed by atoms with Gasteiger partial charge in [0, 0.05) is 12.1 Å². The standard InChI is InChI=1S/C10H8BrClN4O2/c1-13-7-3-2-6(12)4-8(7)15-9(11)5-10(14-15)16(17)18/h2-5,13H,1H3. The SMILES string of the molecule is CNc1ccc(Cl)cc1-n1nc([N+](=O)[O-])cc1Br. The predicted molar refractivity (Wildman–Crippen MR) is 72.5 cm³/mol. The maximum absolute atomic E-state index is 10.7. The van der Waals surface area contributed by atoms with Gasteiger partial charge in [0.05, 0.1) is 16.9 Å². The van der Waals surface area contributed by atoms with Crippen LogP contribution in [0.2, 0.25) is 5.02 Å². The molecule has 0 aliphatic heterocycles. The summed E-state index contributed by atoms with van der Waals surface area (Å²) in [6.07, 6.45) is 0. The Labute approximate surface area is 116 Å². The molecule has 2 rings (SSSR count). The Morgan fingerprint density at radius 3 is 2.78 bits per heavy atom. The Bertz CT molecular complexity index is 614. The highest BCUT2D eigenvalue weighted by molar-refractivity contribution is 9.10. The molecule has 0 bridgehead atoms. The van der Waals surface area contributed by atoms with Crippen LogP contribution in [0.15, 0.2) is 28.9 Å². The normalized spacial score (nSPS) is 10.4. The second-order valence-electron chi connectivity index (χ2n) is 3.41. The van der Waals surface area contributed by atoms with Crippen LogP contribution < -0.4 is 5.32 Å². The molecule has 1 N–H and O–H groups in total. The van der Waals surface area contributed by atoms with Crippen LogP contribution in [0.25, 0.3) is 5.69 Å². The monoisotopic (exact) mass is 330 g/mol. The summed E-state index contributed by atoms with van der Waals surface area (Å²) < 4.78 is 1.89. The molecule has 0 amide bonds. The summed E-state index contributed by atoms with van der Waals surface area (Å²) in [5, 5.41) is 18.1. The van der Waals surface area contributed by atoms with E-state index in [1.807, 2.05) is 0 Å². The molecule has 8 heteroatoms. The molecule has 1 aromatic heterocycles. The summed E-state index contributed by atoms with van der Waals surface area (Å²) in [5.74, 6) is -0.232. The van der Waals surface area contributed by atoms with E-state index in [9.17, 15) is 10.1 Å². The van der Waals surface area contributed by atoms with Crippen LogP contribution in [0.5, 0.6) is 0 Å². The van der Waals surface area contributed by atoms with Crippen LogP contribution in [0.1, 0.15) is 0 Å². The molecule has 0 aliphatic carbocycles. The van der Waals surface area contributed by atoms with E-state index in [0.29, 0.717) is 15.3 Å². The number of aromatic nitrogens is 2. The van der Waals surface area contributed by atoms with Gasteiger partial charge in [-0.1, -0.05) is 11.6 Å². The molecular formula is C10H8BrClN4O2. The fourth-order valence-corrected chi connectivity index (χ4v) is 2.14. The lowest BCUT2D eigenvalue weighted by atomic mass is 10.2. The quantitative estimate of drug-likeness (QED) is 0.692. The van der Waals surface area contributed by atoms with Crippen molar-refractivity contribution in [2.75, 3.05) is 12.4 Å². The number of nitrogens with zero attached hydrogens (tertiary/aromatic N) is 3. The Morgan fingerprint density at radius 2 is 2.22 bits per heavy atom. The first-order valence-electron chi connectivity index (χ1n) is 4.90. The van der Waals surface area contributed by atoms with E-state index >= 15 is 0 Å². The number of hydrogen-bond acceptors (Lipinski definition) is 4. The molecule has 0 aliphatic rings. The van der Waals surface area contributed by atoms with Crippen molar-refractivity contribution >= 4 is 39.0 Å². The third-order valence-electron chi connectivity index (χ3n) is 2.30. The van der Waals surface area contributed by atoms with Gasteiger partial charge < -0.3 is 15.4 Å². The second-order valence-corrected chi connectivity index (χ2v) is 4.65. The van der Waals surface area contributed by atoms with Gasteiger partial charge >= 0.3 is 5.82 Å². The number of benzene rings is 1. The Balaban J connectivity index is 2.60. The van der Waals surface area contributed by atoms with Crippen LogP contribution in [0.3, 0.4) is 0 Å². The molecule has 0 atom stereocenters. The molecule has 0 unspecified atom stereocenters. The lowest BCUT2D eigenvalue weighted by molar-refractivity contribution is -0.389. The van der Waals surface area contributed by atoms with Crippen molar-refractivity contribution in [3.8, 4) is 5.69 Å². The lowest BCUT2D eigenvalue weighted by Gasteiger charge is -2.07. The van der Waals surface area contributed by atoms with Gasteiger partial charge in [-0.2, -0.15) is 0 Å². The van der Waals surface area contributed by atoms with E-state index in [2.05, 4.69) is 26.3 Å². The summed E-state index contributed by atoms with van der Waals surface area (Å²) in [6.45, 7) is 0. The minimum Gasteiger partial charge on any atom is -0.386 e. The van der Waals surface area contributed by atoms with E-state index in [1.165, 1.54) is 10.7 Å². The first-order chi connectivity index (χ1) is 8.52. The molecule has 0 saturated heterocycles. The third kappa shape index (κ3) is 2.32. The van der Waals surface area contributed by atoms with Crippen molar-refractivity contribution in [1.82, 2.24) is 9.78 Å². The van der Waals surface area contributed by atoms with Crippen molar-refractivity contribution in [1.29, 1.82) is 0 Å². The lowest BCUT2D eigenvalue weighted by Crippen LogP contribution is -2.02. The molecule has 1 heterocycles. The van der Waals surface area contributed by atoms with E-state index < -0.39 is 4.92 Å². The highest BCUT2D eigenvalue weighted by Crippen LogP contribution is 2.28. The first kappa shape index (κ1) is 12.8. The molecule has 0 saturated carbocycles. The van der Waals surface area contributed by atoms with Crippen LogP contribution in [0, 0.1) is 10.1 Å². The smallest absolute Gasteiger partial charge is 0.386 e. The van der Waals surface area contributed by atoms with Gasteiger partial charge in [0.1, 0.15) is 10.3 Å². The summed E-state index contributed by atoms with van der Waals surface area (Å²) in [5.41, 5.74) is 1.39. The molecule has 18 heavy (non-hydrogen) atoms. The largest absolute Gasteiger partial charge is 0.391 e. The zero-order valence-electron chi connectivity index (χ0n) is 9.22. The van der Waals surface area contributed by atoms with Crippen LogP contribution in [-0.4, -0.2) is 21.8 Å². The van der Waals surface area contributed by atoms with Gasteiger partial charge in [-0.15, -0.1) is 4.68 Å². The summed E-state index contributed by atoms with van der Waals surface area (Å²) >= 11 is 9.16. The number of nitro groups is 1. The summed E-state index contributed by atoms with van der Waals surface area (Å²) in [7, 11) is 1.75. The number of halogens is 2. The van der Waals surface area contributed by atoms with Gasteiger partial charge in [0.25, 0.3) is 0 Å². The molecule has 2 aromatic rings. The van der Waals surface area contributed by atoms with Crippen LogP contribution >= 0.6 is 27.5 Å². The van der Waals surface area contributed by atoms with Crippen molar-refractivity contribution < 1.29 is 4.92 Å². The Kier molecular flexibility index (Phi) is 3.53. The van der Waals surface area contributed by atoms with Gasteiger partial charge in [-0.25, -0.2) is 0 Å². The van der Waals surface area contributed by atoms with E-state index in [1.54, 1.807) is 25.2 Å². The fourth-order valence-electron chi connectivity index (χ4n) is 1.50. The zero-order chi connectivity index (χ0) is 13.3. The van der Waals surface area contributed by atoms with E-state index in [0.717, 1.165) is 5.69 Å². The second kappa shape index (κ2) is 4.95. The highest BCUT2D eigenvalue weighted by Gasteiger charge is 2.19. The van der Waals surface area contributed by atoms with Crippen molar-refractivity contribution in [2.24, 2.45) is 0 Å². The van der Waals surface area contributed by atoms with Crippen molar-refractivity contribution in [2.45, 2.75) is 0 Å². The van der Waals surface area contributed by atoms with Gasteiger partial charge in [-0.3, -0.25) is 0 Å².